The molecule has 0 aromatic heterocycles. The molecule has 0 radical (unpaired) electrons. The number of aryl methyl sites for hydroxylation is 1. The van der Waals surface area contributed by atoms with Crippen molar-refractivity contribution in [1.29, 1.82) is 0 Å². The summed E-state index contributed by atoms with van der Waals surface area (Å²) >= 11 is 0. The molecule has 3 atom stereocenters. The molecular formula is C20H31NO2. The fraction of sp³-hybridized carbons (Fsp3) is 0.700. The van der Waals surface area contributed by atoms with Gasteiger partial charge in [-0.25, -0.2) is 0 Å². The zero-order valence-electron chi connectivity index (χ0n) is 14.4. The number of benzene rings is 1. The van der Waals surface area contributed by atoms with Gasteiger partial charge < -0.3 is 9.84 Å². The number of nitrogens with zero attached hydrogens (tertiary/aromatic N) is 1. The first-order chi connectivity index (χ1) is 11.3. The van der Waals surface area contributed by atoms with E-state index < -0.39 is 0 Å². The predicted octanol–water partition coefficient (Wildman–Crippen LogP) is 3.71. The lowest BCUT2D eigenvalue weighted by Crippen LogP contribution is -2.44. The molecule has 0 saturated carbocycles. The second-order valence-corrected chi connectivity index (χ2v) is 7.12. The van der Waals surface area contributed by atoms with Gasteiger partial charge in [0.1, 0.15) is 0 Å². The molecule has 1 aliphatic carbocycles. The Hall–Kier alpha value is -0.900. The third-order valence-corrected chi connectivity index (χ3v) is 5.47. The van der Waals surface area contributed by atoms with Crippen LogP contribution in [0, 0.1) is 0 Å². The lowest BCUT2D eigenvalue weighted by atomic mass is 9.89. The number of hydrogen-bond donors (Lipinski definition) is 1. The molecule has 23 heavy (non-hydrogen) atoms. The average Bonchev–Trinajstić information content (AvgIpc) is 2.60. The molecule has 3 rings (SSSR count). The molecular weight excluding hydrogens is 286 g/mol. The van der Waals surface area contributed by atoms with Gasteiger partial charge in [0.2, 0.25) is 0 Å². The lowest BCUT2D eigenvalue weighted by molar-refractivity contribution is -0.0356. The first-order valence-electron chi connectivity index (χ1n) is 9.39. The molecule has 1 aliphatic heterocycles. The van der Waals surface area contributed by atoms with E-state index in [1.807, 2.05) is 0 Å². The Bertz CT molecular complexity index is 490. The van der Waals surface area contributed by atoms with Crippen molar-refractivity contribution in [1.82, 2.24) is 4.90 Å². The highest BCUT2D eigenvalue weighted by Gasteiger charge is 2.25. The second kappa shape index (κ2) is 8.27. The molecule has 3 heteroatoms. The number of β-amino-alcohol motifs (C(OH)–C–C–N with tert-alkyl or cyclic N) is 1. The van der Waals surface area contributed by atoms with Crippen LogP contribution in [-0.4, -0.2) is 41.8 Å². The second-order valence-electron chi connectivity index (χ2n) is 7.12. The Labute approximate surface area is 140 Å². The topological polar surface area (TPSA) is 32.7 Å². The molecule has 1 fully saturated rings. The van der Waals surface area contributed by atoms with Crippen LogP contribution in [-0.2, 0) is 11.2 Å². The van der Waals surface area contributed by atoms with Crippen molar-refractivity contribution < 1.29 is 9.84 Å². The molecule has 128 valence electrons. The van der Waals surface area contributed by atoms with E-state index in [9.17, 15) is 5.11 Å². The minimum absolute atomic E-state index is 0.165. The minimum atomic E-state index is -0.378. The average molecular weight is 317 g/mol. The Balaban J connectivity index is 1.50. The molecule has 2 aliphatic rings. The number of ether oxygens (including phenoxy) is 1. The summed E-state index contributed by atoms with van der Waals surface area (Å²) < 4.78 is 6.10. The van der Waals surface area contributed by atoms with Crippen molar-refractivity contribution in [3.05, 3.63) is 35.4 Å². The number of hydrogen-bond acceptors (Lipinski definition) is 3. The highest BCUT2D eigenvalue weighted by atomic mass is 16.5. The van der Waals surface area contributed by atoms with Crippen molar-refractivity contribution in [2.24, 2.45) is 0 Å². The van der Waals surface area contributed by atoms with Gasteiger partial charge in [0.15, 0.2) is 0 Å². The van der Waals surface area contributed by atoms with E-state index in [0.29, 0.717) is 12.6 Å². The molecule has 0 spiro atoms. The van der Waals surface area contributed by atoms with Crippen molar-refractivity contribution in [2.45, 2.75) is 70.1 Å². The molecule has 0 unspecified atom stereocenters. The fourth-order valence-corrected chi connectivity index (χ4v) is 4.20. The summed E-state index contributed by atoms with van der Waals surface area (Å²) in [6, 6.07) is 9.24. The van der Waals surface area contributed by atoms with Gasteiger partial charge in [0.05, 0.1) is 18.8 Å². The van der Waals surface area contributed by atoms with Crippen LogP contribution in [0.5, 0.6) is 0 Å². The van der Waals surface area contributed by atoms with Crippen molar-refractivity contribution in [3.63, 3.8) is 0 Å². The van der Waals surface area contributed by atoms with Crippen molar-refractivity contribution in [2.75, 3.05) is 19.7 Å². The van der Waals surface area contributed by atoms with Gasteiger partial charge in [-0.2, -0.15) is 0 Å². The van der Waals surface area contributed by atoms with Gasteiger partial charge in [0.25, 0.3) is 0 Å². The normalized spacial score (nSPS) is 26.7. The van der Waals surface area contributed by atoms with Crippen LogP contribution in [0.2, 0.25) is 0 Å². The highest BCUT2D eigenvalue weighted by Crippen LogP contribution is 2.32. The predicted molar refractivity (Wildman–Crippen MR) is 93.6 cm³/mol. The van der Waals surface area contributed by atoms with E-state index in [1.165, 1.54) is 43.2 Å². The summed E-state index contributed by atoms with van der Waals surface area (Å²) in [5.41, 5.74) is 2.75. The maximum Gasteiger partial charge on any atom is 0.0900 e. The van der Waals surface area contributed by atoms with E-state index in [-0.39, 0.29) is 12.2 Å². The third-order valence-electron chi connectivity index (χ3n) is 5.47. The van der Waals surface area contributed by atoms with Gasteiger partial charge in [0, 0.05) is 12.6 Å². The van der Waals surface area contributed by atoms with Crippen LogP contribution in [0.25, 0.3) is 0 Å². The van der Waals surface area contributed by atoms with Gasteiger partial charge in [-0.05, 0) is 56.2 Å². The number of likely N-dealkylation sites (tertiary alicyclic amines) is 1. The molecule has 1 aromatic rings. The van der Waals surface area contributed by atoms with Gasteiger partial charge in [-0.15, -0.1) is 0 Å². The molecule has 0 bridgehead atoms. The maximum atomic E-state index is 10.4. The Kier molecular flexibility index (Phi) is 6.09. The first kappa shape index (κ1) is 16.9. The summed E-state index contributed by atoms with van der Waals surface area (Å²) in [5, 5.41) is 10.4. The van der Waals surface area contributed by atoms with E-state index >= 15 is 0 Å². The Morgan fingerprint density at radius 3 is 2.96 bits per heavy atom. The smallest absolute Gasteiger partial charge is 0.0900 e. The monoisotopic (exact) mass is 317 g/mol. The van der Waals surface area contributed by atoms with E-state index in [0.717, 1.165) is 25.9 Å². The number of aliphatic hydroxyl groups excluding tert-OH is 1. The third kappa shape index (κ3) is 4.34. The summed E-state index contributed by atoms with van der Waals surface area (Å²) in [7, 11) is 0. The Morgan fingerprint density at radius 2 is 2.09 bits per heavy atom. The number of rotatable bonds is 6. The van der Waals surface area contributed by atoms with Crippen LogP contribution in [0.3, 0.4) is 0 Å². The van der Waals surface area contributed by atoms with Crippen molar-refractivity contribution in [3.8, 4) is 0 Å². The standard InChI is InChI=1S/C20H31NO2/c1-2-17-10-5-6-13-21(17)14-18(22)15-23-20-12-7-9-16-8-3-4-11-19(16)20/h3-4,8,11,17-18,20,22H,2,5-7,9-10,12-15H2,1H3/t17-,18+,20-/m1/s1. The zero-order chi connectivity index (χ0) is 16.1. The van der Waals surface area contributed by atoms with Crippen LogP contribution in [0.15, 0.2) is 24.3 Å². The van der Waals surface area contributed by atoms with Crippen LogP contribution >= 0.6 is 0 Å². The minimum Gasteiger partial charge on any atom is -0.389 e. The Morgan fingerprint density at radius 1 is 1.22 bits per heavy atom. The number of fused-ring (bicyclic) bond motifs is 1. The largest absolute Gasteiger partial charge is 0.389 e. The summed E-state index contributed by atoms with van der Waals surface area (Å²) in [6.45, 7) is 4.59. The molecule has 1 aromatic carbocycles. The van der Waals surface area contributed by atoms with Crippen LogP contribution in [0.4, 0.5) is 0 Å². The van der Waals surface area contributed by atoms with Crippen molar-refractivity contribution >= 4 is 0 Å². The molecule has 1 saturated heterocycles. The first-order valence-corrected chi connectivity index (χ1v) is 9.39. The molecule has 1 heterocycles. The number of aliphatic hydroxyl groups is 1. The van der Waals surface area contributed by atoms with Crippen LogP contribution < -0.4 is 0 Å². The summed E-state index contributed by atoms with van der Waals surface area (Å²) in [6.07, 6.45) is 8.26. The van der Waals surface area contributed by atoms with Gasteiger partial charge >= 0.3 is 0 Å². The molecule has 3 nitrogen and oxygen atoms in total. The maximum absolute atomic E-state index is 10.4. The SMILES string of the molecule is CC[C@@H]1CCCCN1C[C@H](O)CO[C@@H]1CCCc2ccccc21. The number of piperidine rings is 1. The summed E-state index contributed by atoms with van der Waals surface area (Å²) in [4.78, 5) is 2.46. The molecule has 0 amide bonds. The van der Waals surface area contributed by atoms with E-state index in [1.54, 1.807) is 0 Å². The lowest BCUT2D eigenvalue weighted by Gasteiger charge is -2.36. The van der Waals surface area contributed by atoms with E-state index in [4.69, 9.17) is 4.74 Å². The summed E-state index contributed by atoms with van der Waals surface area (Å²) in [5.74, 6) is 0. The van der Waals surface area contributed by atoms with Gasteiger partial charge in [-0.3, -0.25) is 4.90 Å². The highest BCUT2D eigenvalue weighted by molar-refractivity contribution is 5.31. The molecule has 1 N–H and O–H groups in total. The quantitative estimate of drug-likeness (QED) is 0.868. The van der Waals surface area contributed by atoms with Gasteiger partial charge in [-0.1, -0.05) is 37.6 Å². The zero-order valence-corrected chi connectivity index (χ0v) is 14.4. The van der Waals surface area contributed by atoms with Crippen LogP contribution in [0.1, 0.15) is 62.7 Å². The van der Waals surface area contributed by atoms with E-state index in [2.05, 4.69) is 36.1 Å². The fourth-order valence-electron chi connectivity index (χ4n) is 4.20.